The molecule has 0 aliphatic heterocycles. The number of rotatable bonds is 8. The van der Waals surface area contributed by atoms with Crippen molar-refractivity contribution < 1.29 is 14.4 Å². The predicted octanol–water partition coefficient (Wildman–Crippen LogP) is 2.30. The van der Waals surface area contributed by atoms with E-state index in [1.54, 1.807) is 19.9 Å². The average Bonchev–Trinajstić information content (AvgIpc) is 2.54. The van der Waals surface area contributed by atoms with Crippen molar-refractivity contribution in [3.05, 3.63) is 29.3 Å². The molecule has 0 aliphatic rings. The summed E-state index contributed by atoms with van der Waals surface area (Å²) in [7, 11) is 1.42. The van der Waals surface area contributed by atoms with Crippen LogP contribution in [0.15, 0.2) is 18.2 Å². The monoisotopic (exact) mass is 405 g/mol. The smallest absolute Gasteiger partial charge is 0.246 e. The SMILES string of the molecule is CON[C@@H](C)C(=O)N[C@@H](C)C(=O)Nc1cc(CCl)cc(CBr)c1. The summed E-state index contributed by atoms with van der Waals surface area (Å²) in [5.41, 5.74) is 5.07. The van der Waals surface area contributed by atoms with E-state index in [9.17, 15) is 9.59 Å². The molecule has 23 heavy (non-hydrogen) atoms. The molecule has 0 saturated carbocycles. The number of amides is 2. The van der Waals surface area contributed by atoms with E-state index in [1.807, 2.05) is 12.1 Å². The van der Waals surface area contributed by atoms with Crippen LogP contribution in [-0.2, 0) is 25.6 Å². The summed E-state index contributed by atoms with van der Waals surface area (Å²) in [6.07, 6.45) is 0. The number of anilines is 1. The van der Waals surface area contributed by atoms with Gasteiger partial charge in [-0.15, -0.1) is 11.6 Å². The molecule has 1 aromatic carbocycles. The number of carbonyl (C=O) groups excluding carboxylic acids is 2. The van der Waals surface area contributed by atoms with Crippen LogP contribution in [0.25, 0.3) is 0 Å². The third-order valence-electron chi connectivity index (χ3n) is 3.07. The Hall–Kier alpha value is -1.15. The van der Waals surface area contributed by atoms with E-state index in [2.05, 4.69) is 36.9 Å². The molecule has 0 saturated heterocycles. The number of alkyl halides is 2. The van der Waals surface area contributed by atoms with E-state index in [4.69, 9.17) is 11.6 Å². The molecular formula is C15H21BrClN3O3. The molecule has 1 aromatic rings. The molecule has 0 radical (unpaired) electrons. The van der Waals surface area contributed by atoms with Gasteiger partial charge >= 0.3 is 0 Å². The molecule has 128 valence electrons. The first-order valence-corrected chi connectivity index (χ1v) is 8.71. The van der Waals surface area contributed by atoms with Crippen molar-refractivity contribution >= 4 is 45.0 Å². The Balaban J connectivity index is 2.69. The van der Waals surface area contributed by atoms with Crippen LogP contribution in [0.2, 0.25) is 0 Å². The van der Waals surface area contributed by atoms with Crippen molar-refractivity contribution in [2.75, 3.05) is 12.4 Å². The number of hydroxylamine groups is 1. The van der Waals surface area contributed by atoms with Crippen LogP contribution in [0.3, 0.4) is 0 Å². The molecule has 1 rings (SSSR count). The molecule has 0 aromatic heterocycles. The summed E-state index contributed by atoms with van der Waals surface area (Å²) in [6, 6.07) is 4.37. The Kier molecular flexibility index (Phi) is 8.54. The van der Waals surface area contributed by atoms with Gasteiger partial charge in [0.1, 0.15) is 12.1 Å². The zero-order valence-electron chi connectivity index (χ0n) is 13.3. The van der Waals surface area contributed by atoms with Gasteiger partial charge < -0.3 is 15.5 Å². The molecule has 0 aliphatic carbocycles. The highest BCUT2D eigenvalue weighted by atomic mass is 79.9. The minimum Gasteiger partial charge on any atom is -0.343 e. The van der Waals surface area contributed by atoms with E-state index in [0.717, 1.165) is 11.1 Å². The van der Waals surface area contributed by atoms with Crippen LogP contribution in [0.5, 0.6) is 0 Å². The fraction of sp³-hybridized carbons (Fsp3) is 0.467. The van der Waals surface area contributed by atoms with Gasteiger partial charge in [0.05, 0.1) is 7.11 Å². The summed E-state index contributed by atoms with van der Waals surface area (Å²) in [6.45, 7) is 3.25. The van der Waals surface area contributed by atoms with Crippen LogP contribution < -0.4 is 16.1 Å². The Morgan fingerprint density at radius 3 is 2.39 bits per heavy atom. The maximum atomic E-state index is 12.2. The molecule has 0 spiro atoms. The lowest BCUT2D eigenvalue weighted by molar-refractivity contribution is -0.129. The zero-order chi connectivity index (χ0) is 17.4. The van der Waals surface area contributed by atoms with Crippen molar-refractivity contribution in [1.29, 1.82) is 0 Å². The Bertz CT molecular complexity index is 535. The molecule has 8 heteroatoms. The van der Waals surface area contributed by atoms with Gasteiger partial charge in [-0.2, -0.15) is 5.48 Å². The maximum absolute atomic E-state index is 12.2. The zero-order valence-corrected chi connectivity index (χ0v) is 15.6. The van der Waals surface area contributed by atoms with Gasteiger partial charge in [0.25, 0.3) is 0 Å². The lowest BCUT2D eigenvalue weighted by Crippen LogP contribution is -2.48. The van der Waals surface area contributed by atoms with E-state index < -0.39 is 12.1 Å². The second-order valence-corrected chi connectivity index (χ2v) is 5.90. The Morgan fingerprint density at radius 1 is 1.17 bits per heavy atom. The molecule has 0 fully saturated rings. The van der Waals surface area contributed by atoms with Gasteiger partial charge in [0.2, 0.25) is 11.8 Å². The molecule has 0 heterocycles. The first-order valence-electron chi connectivity index (χ1n) is 7.05. The lowest BCUT2D eigenvalue weighted by Gasteiger charge is -2.18. The number of carbonyl (C=O) groups is 2. The summed E-state index contributed by atoms with van der Waals surface area (Å²) in [4.78, 5) is 28.7. The molecule has 0 unspecified atom stereocenters. The van der Waals surface area contributed by atoms with E-state index in [-0.39, 0.29) is 11.8 Å². The predicted molar refractivity (Wildman–Crippen MR) is 94.5 cm³/mol. The van der Waals surface area contributed by atoms with Crippen LogP contribution >= 0.6 is 27.5 Å². The van der Waals surface area contributed by atoms with Crippen LogP contribution in [-0.4, -0.2) is 31.0 Å². The fourth-order valence-corrected chi connectivity index (χ4v) is 2.35. The number of hydrogen-bond acceptors (Lipinski definition) is 4. The van der Waals surface area contributed by atoms with Gasteiger partial charge in [-0.25, -0.2) is 0 Å². The first kappa shape index (κ1) is 19.9. The highest BCUT2D eigenvalue weighted by molar-refractivity contribution is 9.08. The molecular weight excluding hydrogens is 386 g/mol. The van der Waals surface area contributed by atoms with Gasteiger partial charge in [0, 0.05) is 16.9 Å². The summed E-state index contributed by atoms with van der Waals surface area (Å²) >= 11 is 9.24. The van der Waals surface area contributed by atoms with E-state index in [0.29, 0.717) is 16.9 Å². The van der Waals surface area contributed by atoms with E-state index in [1.165, 1.54) is 7.11 Å². The maximum Gasteiger partial charge on any atom is 0.246 e. The summed E-state index contributed by atoms with van der Waals surface area (Å²) < 4.78 is 0. The van der Waals surface area contributed by atoms with Crippen molar-refractivity contribution in [2.24, 2.45) is 0 Å². The van der Waals surface area contributed by atoms with Crippen molar-refractivity contribution in [2.45, 2.75) is 37.1 Å². The third-order valence-corrected chi connectivity index (χ3v) is 4.02. The molecule has 2 amide bonds. The molecule has 6 nitrogen and oxygen atoms in total. The minimum absolute atomic E-state index is 0.310. The number of halogens is 2. The lowest BCUT2D eigenvalue weighted by atomic mass is 10.1. The van der Waals surface area contributed by atoms with Gasteiger partial charge in [-0.1, -0.05) is 22.0 Å². The van der Waals surface area contributed by atoms with Gasteiger partial charge in [0.15, 0.2) is 0 Å². The van der Waals surface area contributed by atoms with E-state index >= 15 is 0 Å². The standard InChI is InChI=1S/C15H21BrClN3O3/c1-9(18-15(22)10(2)20-23-3)14(21)19-13-5-11(7-16)4-12(6-13)8-17/h4-6,9-10,20H,7-8H2,1-3H3,(H,18,22)(H,19,21)/t9-,10-/m0/s1. The van der Waals surface area contributed by atoms with Crippen molar-refractivity contribution in [3.63, 3.8) is 0 Å². The first-order chi connectivity index (χ1) is 10.9. The molecule has 0 bridgehead atoms. The Morgan fingerprint density at radius 2 is 1.83 bits per heavy atom. The topological polar surface area (TPSA) is 79.5 Å². The number of benzene rings is 1. The number of nitrogens with one attached hydrogen (secondary N) is 3. The van der Waals surface area contributed by atoms with Crippen LogP contribution in [0.1, 0.15) is 25.0 Å². The number of hydrogen-bond donors (Lipinski definition) is 3. The van der Waals surface area contributed by atoms with Crippen molar-refractivity contribution in [3.8, 4) is 0 Å². The minimum atomic E-state index is -0.685. The summed E-state index contributed by atoms with van der Waals surface area (Å²) in [5.74, 6) is -0.281. The molecule has 2 atom stereocenters. The largest absolute Gasteiger partial charge is 0.343 e. The van der Waals surface area contributed by atoms with Crippen LogP contribution in [0.4, 0.5) is 5.69 Å². The average molecular weight is 407 g/mol. The summed E-state index contributed by atoms with van der Waals surface area (Å²) in [5, 5.41) is 6.06. The van der Waals surface area contributed by atoms with Crippen molar-refractivity contribution in [1.82, 2.24) is 10.8 Å². The molecule has 3 N–H and O–H groups in total. The Labute approximate surface area is 149 Å². The third kappa shape index (κ3) is 6.47. The van der Waals surface area contributed by atoms with Crippen LogP contribution in [0, 0.1) is 0 Å². The van der Waals surface area contributed by atoms with Gasteiger partial charge in [-0.05, 0) is 37.1 Å². The normalized spacial score (nSPS) is 13.3. The fourth-order valence-electron chi connectivity index (χ4n) is 1.87. The second kappa shape index (κ2) is 9.87. The highest BCUT2D eigenvalue weighted by Crippen LogP contribution is 2.19. The highest BCUT2D eigenvalue weighted by Gasteiger charge is 2.19. The second-order valence-electron chi connectivity index (χ2n) is 5.07. The quantitative estimate of drug-likeness (QED) is 0.457. The van der Waals surface area contributed by atoms with Gasteiger partial charge in [-0.3, -0.25) is 9.59 Å².